The van der Waals surface area contributed by atoms with Crippen LogP contribution in [0.4, 0.5) is 14.9 Å². The van der Waals surface area contributed by atoms with E-state index >= 15 is 0 Å². The first-order valence-corrected chi connectivity index (χ1v) is 12.5. The van der Waals surface area contributed by atoms with Gasteiger partial charge in [-0.15, -0.1) is 0 Å². The van der Waals surface area contributed by atoms with E-state index in [4.69, 9.17) is 4.74 Å². The van der Waals surface area contributed by atoms with Gasteiger partial charge in [0.05, 0.1) is 30.4 Å². The van der Waals surface area contributed by atoms with Crippen LogP contribution >= 0.6 is 0 Å². The summed E-state index contributed by atoms with van der Waals surface area (Å²) >= 11 is 0. The first kappa shape index (κ1) is 23.1. The summed E-state index contributed by atoms with van der Waals surface area (Å²) in [5.74, 6) is -0.521. The predicted octanol–water partition coefficient (Wildman–Crippen LogP) is 3.01. The number of halogens is 1. The molecule has 3 heterocycles. The summed E-state index contributed by atoms with van der Waals surface area (Å²) in [6.45, 7) is 1.66. The topological polar surface area (TPSA) is 101 Å². The zero-order chi connectivity index (χ0) is 23.4. The molecule has 0 N–H and O–H groups in total. The summed E-state index contributed by atoms with van der Waals surface area (Å²) in [5, 5.41) is 6.48. The van der Waals surface area contributed by atoms with Gasteiger partial charge >= 0.3 is 6.09 Å². The van der Waals surface area contributed by atoms with Crippen LogP contribution in [0.5, 0.6) is 0 Å². The maximum atomic E-state index is 14.9. The van der Waals surface area contributed by atoms with Gasteiger partial charge in [0, 0.05) is 30.4 Å². The third kappa shape index (κ3) is 6.05. The molecule has 0 unspecified atom stereocenters. The number of carbonyl (C=O) groups is 1. The molecule has 0 saturated carbocycles. The molecular weight excluding hydrogens is 451 g/mol. The maximum Gasteiger partial charge on any atom is 0.414 e. The second-order valence-corrected chi connectivity index (χ2v) is 9.64. The van der Waals surface area contributed by atoms with Crippen molar-refractivity contribution in [3.05, 3.63) is 48.0 Å². The number of carbonyl (C=O) groups excluding carboxylic acids is 1. The van der Waals surface area contributed by atoms with Gasteiger partial charge in [0.25, 0.3) is 10.1 Å². The maximum absolute atomic E-state index is 14.9. The fourth-order valence-corrected chi connectivity index (χ4v) is 4.10. The molecule has 9 nitrogen and oxygen atoms in total. The van der Waals surface area contributed by atoms with Crippen molar-refractivity contribution in [1.82, 2.24) is 9.99 Å². The minimum atomic E-state index is -3.65. The molecule has 1 aromatic carbocycles. The summed E-state index contributed by atoms with van der Waals surface area (Å²) in [4.78, 5) is 17.7. The van der Waals surface area contributed by atoms with Gasteiger partial charge in [0.2, 0.25) is 0 Å². The molecule has 33 heavy (non-hydrogen) atoms. The van der Waals surface area contributed by atoms with Crippen LogP contribution in [0.15, 0.2) is 41.6 Å². The average molecular weight is 477 g/mol. The van der Waals surface area contributed by atoms with E-state index in [-0.39, 0.29) is 13.2 Å². The molecule has 2 fully saturated rings. The quantitative estimate of drug-likeness (QED) is 0.447. The average Bonchev–Trinajstić information content (AvgIpc) is 3.17. The van der Waals surface area contributed by atoms with Crippen molar-refractivity contribution in [3.63, 3.8) is 0 Å². The molecule has 1 amide bonds. The Balaban J connectivity index is 1.42. The lowest BCUT2D eigenvalue weighted by Crippen LogP contribution is -2.26. The van der Waals surface area contributed by atoms with Gasteiger partial charge in [-0.3, -0.25) is 19.1 Å². The highest BCUT2D eigenvalue weighted by molar-refractivity contribution is 7.85. The number of piperidine rings is 1. The molecule has 0 spiro atoms. The predicted molar refractivity (Wildman–Crippen MR) is 121 cm³/mol. The van der Waals surface area contributed by atoms with Gasteiger partial charge in [-0.05, 0) is 43.5 Å². The number of aromatic nitrogens is 1. The molecule has 2 saturated heterocycles. The van der Waals surface area contributed by atoms with Gasteiger partial charge in [-0.2, -0.15) is 13.5 Å². The van der Waals surface area contributed by atoms with E-state index in [1.807, 2.05) is 5.01 Å². The Hall–Kier alpha value is -3.05. The lowest BCUT2D eigenvalue weighted by molar-refractivity contribution is 0.107. The highest BCUT2D eigenvalue weighted by Crippen LogP contribution is 2.29. The Bertz CT molecular complexity index is 1130. The molecule has 0 radical (unpaired) electrons. The van der Waals surface area contributed by atoms with E-state index in [0.29, 0.717) is 22.5 Å². The van der Waals surface area contributed by atoms with Crippen molar-refractivity contribution in [2.75, 3.05) is 37.4 Å². The lowest BCUT2D eigenvalue weighted by Gasteiger charge is -2.23. The number of hydrogen-bond acceptors (Lipinski definition) is 8. The number of cyclic esters (lactones) is 1. The van der Waals surface area contributed by atoms with Crippen LogP contribution in [0.3, 0.4) is 0 Å². The molecule has 2 aliphatic rings. The molecule has 2 aliphatic heterocycles. The van der Waals surface area contributed by atoms with Crippen LogP contribution in [0.25, 0.3) is 11.1 Å². The molecule has 2 aromatic rings. The van der Waals surface area contributed by atoms with Crippen LogP contribution < -0.4 is 4.90 Å². The van der Waals surface area contributed by atoms with Crippen LogP contribution in [-0.2, 0) is 19.0 Å². The molecule has 0 aliphatic carbocycles. The van der Waals surface area contributed by atoms with Gasteiger partial charge in [0.1, 0.15) is 18.5 Å². The monoisotopic (exact) mass is 476 g/mol. The summed E-state index contributed by atoms with van der Waals surface area (Å²) in [7, 11) is -3.65. The van der Waals surface area contributed by atoms with Crippen molar-refractivity contribution in [3.8, 4) is 11.1 Å². The van der Waals surface area contributed by atoms with Gasteiger partial charge in [-0.1, -0.05) is 6.07 Å². The van der Waals surface area contributed by atoms with Crippen LogP contribution in [-0.4, -0.2) is 69.3 Å². The van der Waals surface area contributed by atoms with E-state index in [2.05, 4.69) is 14.3 Å². The van der Waals surface area contributed by atoms with Crippen LogP contribution in [0.1, 0.15) is 25.0 Å². The van der Waals surface area contributed by atoms with Crippen molar-refractivity contribution in [2.45, 2.75) is 25.4 Å². The van der Waals surface area contributed by atoms with E-state index < -0.39 is 28.1 Å². The van der Waals surface area contributed by atoms with Crippen LogP contribution in [0, 0.1) is 5.82 Å². The van der Waals surface area contributed by atoms with Gasteiger partial charge in [0.15, 0.2) is 0 Å². The Kier molecular flexibility index (Phi) is 6.89. The summed E-state index contributed by atoms with van der Waals surface area (Å²) < 4.78 is 46.9. The van der Waals surface area contributed by atoms with E-state index in [9.17, 15) is 17.6 Å². The molecule has 11 heteroatoms. The normalized spacial score (nSPS) is 19.3. The van der Waals surface area contributed by atoms with Gasteiger partial charge in [-0.25, -0.2) is 9.18 Å². The minimum Gasteiger partial charge on any atom is -0.441 e. The van der Waals surface area contributed by atoms with Crippen LogP contribution in [0.2, 0.25) is 0 Å². The number of hydrazone groups is 1. The third-order valence-corrected chi connectivity index (χ3v) is 5.95. The molecule has 0 bridgehead atoms. The first-order valence-electron chi connectivity index (χ1n) is 10.7. The zero-order valence-electron chi connectivity index (χ0n) is 18.2. The molecule has 4 rings (SSSR count). The number of anilines is 1. The number of benzene rings is 1. The minimum absolute atomic E-state index is 0.0553. The largest absolute Gasteiger partial charge is 0.441 e. The lowest BCUT2D eigenvalue weighted by atomic mass is 10.1. The Morgan fingerprint density at radius 2 is 2.03 bits per heavy atom. The van der Waals surface area contributed by atoms with E-state index in [1.165, 1.54) is 17.4 Å². The summed E-state index contributed by atoms with van der Waals surface area (Å²) in [6.07, 6.45) is 6.27. The Labute approximate surface area is 191 Å². The Morgan fingerprint density at radius 3 is 2.70 bits per heavy atom. The summed E-state index contributed by atoms with van der Waals surface area (Å²) in [5.41, 5.74) is 1.93. The Morgan fingerprint density at radius 1 is 1.24 bits per heavy atom. The number of amides is 1. The number of hydrogen-bond donors (Lipinski definition) is 0. The van der Waals surface area contributed by atoms with Crippen molar-refractivity contribution in [2.24, 2.45) is 5.10 Å². The van der Waals surface area contributed by atoms with E-state index in [1.54, 1.807) is 36.7 Å². The molecule has 1 aromatic heterocycles. The molecule has 1 atom stereocenters. The third-order valence-electron chi connectivity index (χ3n) is 5.39. The van der Waals surface area contributed by atoms with Gasteiger partial charge < -0.3 is 4.74 Å². The van der Waals surface area contributed by atoms with E-state index in [0.717, 1.165) is 32.2 Å². The fourth-order valence-electron chi connectivity index (χ4n) is 3.70. The van der Waals surface area contributed by atoms with Crippen molar-refractivity contribution < 1.29 is 26.5 Å². The molecular formula is C22H25FN4O5S. The second kappa shape index (κ2) is 9.84. The first-order chi connectivity index (χ1) is 15.8. The number of ether oxygens (including phenoxy) is 1. The molecule has 176 valence electrons. The number of pyridine rings is 1. The number of nitrogens with zero attached hydrogens (tertiary/aromatic N) is 4. The van der Waals surface area contributed by atoms with Crippen molar-refractivity contribution >= 4 is 28.1 Å². The SMILES string of the molecule is CS(=O)(=O)OC[C@H]1CN(c2ccc(-c3ccc(/C=N/N4CCCCC4)nc3)c(F)c2)C(=O)O1. The van der Waals surface area contributed by atoms with Crippen molar-refractivity contribution in [1.29, 1.82) is 0 Å². The second-order valence-electron chi connectivity index (χ2n) is 8.00. The fraction of sp³-hybridized carbons (Fsp3) is 0.409. The highest BCUT2D eigenvalue weighted by Gasteiger charge is 2.33. The smallest absolute Gasteiger partial charge is 0.414 e. The number of rotatable bonds is 7. The standard InChI is InChI=1S/C22H25FN4O5S/c1-33(29,30)31-15-19-14-27(22(28)32-19)18-7-8-20(21(23)11-18)16-5-6-17(24-12-16)13-25-26-9-3-2-4-10-26/h5-8,11-13,19H,2-4,9-10,14-15H2,1H3/b25-13+/t19-/m1/s1. The highest BCUT2D eigenvalue weighted by atomic mass is 32.2. The zero-order valence-corrected chi connectivity index (χ0v) is 19.0. The summed E-state index contributed by atoms with van der Waals surface area (Å²) in [6, 6.07) is 7.95.